The number of hydrogen-bond donors (Lipinski definition) is 4. The quantitative estimate of drug-likeness (QED) is 0.392. The third kappa shape index (κ3) is 1.56. The molecule has 0 aromatic carbocycles. The molecule has 6 heteroatoms. The molecule has 1 saturated heterocycles. The monoisotopic (exact) mass is 193 g/mol. The van der Waals surface area contributed by atoms with Gasteiger partial charge in [-0.1, -0.05) is 0 Å². The summed E-state index contributed by atoms with van der Waals surface area (Å²) in [6, 6.07) is 0. The number of ether oxygens (including phenoxy) is 2. The van der Waals surface area contributed by atoms with Crippen molar-refractivity contribution in [2.75, 3.05) is 20.3 Å². The number of methoxy groups -OCH3 is 1. The normalized spacial score (nSPS) is 45.5. The van der Waals surface area contributed by atoms with Crippen LogP contribution in [0.4, 0.5) is 0 Å². The summed E-state index contributed by atoms with van der Waals surface area (Å²) in [5, 5.41) is 27.9. The second-order valence-electron chi connectivity index (χ2n) is 3.00. The first-order valence-corrected chi connectivity index (χ1v) is 4.01. The van der Waals surface area contributed by atoms with Gasteiger partial charge in [-0.05, 0) is 0 Å². The van der Waals surface area contributed by atoms with Crippen molar-refractivity contribution in [3.05, 3.63) is 0 Å². The van der Waals surface area contributed by atoms with Crippen LogP contribution in [-0.4, -0.2) is 59.7 Å². The predicted octanol–water partition coefficient (Wildman–Crippen LogP) is -2.60. The second-order valence-corrected chi connectivity index (χ2v) is 3.00. The Bertz CT molecular complexity index is 172. The Kier molecular flexibility index (Phi) is 3.23. The van der Waals surface area contributed by atoms with E-state index >= 15 is 0 Å². The molecule has 1 rings (SSSR count). The molecule has 0 spiro atoms. The summed E-state index contributed by atoms with van der Waals surface area (Å²) < 4.78 is 9.95. The van der Waals surface area contributed by atoms with E-state index in [1.807, 2.05) is 0 Å². The van der Waals surface area contributed by atoms with Crippen LogP contribution in [0.5, 0.6) is 0 Å². The first kappa shape index (κ1) is 10.8. The van der Waals surface area contributed by atoms with Crippen molar-refractivity contribution in [2.24, 2.45) is 5.73 Å². The van der Waals surface area contributed by atoms with E-state index in [0.29, 0.717) is 0 Å². The highest BCUT2D eigenvalue weighted by Crippen LogP contribution is 2.31. The molecule has 13 heavy (non-hydrogen) atoms. The van der Waals surface area contributed by atoms with Crippen molar-refractivity contribution >= 4 is 0 Å². The number of aliphatic hydroxyl groups is 3. The molecule has 5 N–H and O–H groups in total. The molecule has 78 valence electrons. The molecule has 0 bridgehead atoms. The Balaban J connectivity index is 2.79. The van der Waals surface area contributed by atoms with Crippen molar-refractivity contribution in [3.8, 4) is 0 Å². The molecule has 0 amide bonds. The number of nitrogens with two attached hydrogens (primary N) is 1. The minimum absolute atomic E-state index is 0.0589. The highest BCUT2D eigenvalue weighted by Gasteiger charge is 2.54. The van der Waals surface area contributed by atoms with E-state index in [9.17, 15) is 10.2 Å². The van der Waals surface area contributed by atoms with Crippen molar-refractivity contribution in [3.63, 3.8) is 0 Å². The lowest BCUT2D eigenvalue weighted by Crippen LogP contribution is -2.47. The van der Waals surface area contributed by atoms with Crippen molar-refractivity contribution in [1.82, 2.24) is 0 Å². The van der Waals surface area contributed by atoms with Crippen LogP contribution in [0.3, 0.4) is 0 Å². The number of aliphatic hydroxyl groups excluding tert-OH is 3. The first-order valence-electron chi connectivity index (χ1n) is 4.01. The van der Waals surface area contributed by atoms with Gasteiger partial charge in [-0.2, -0.15) is 0 Å². The van der Waals surface area contributed by atoms with E-state index < -0.39 is 30.7 Å². The minimum atomic E-state index is -1.54. The van der Waals surface area contributed by atoms with Crippen LogP contribution in [-0.2, 0) is 9.47 Å². The summed E-state index contributed by atoms with van der Waals surface area (Å²) in [6.07, 6.45) is -3.12. The van der Waals surface area contributed by atoms with Crippen LogP contribution in [0.1, 0.15) is 0 Å². The van der Waals surface area contributed by atoms with Crippen LogP contribution in [0.25, 0.3) is 0 Å². The van der Waals surface area contributed by atoms with Crippen molar-refractivity contribution < 1.29 is 24.8 Å². The van der Waals surface area contributed by atoms with Crippen LogP contribution >= 0.6 is 0 Å². The molecule has 1 fully saturated rings. The number of rotatable bonds is 3. The second kappa shape index (κ2) is 3.87. The van der Waals surface area contributed by atoms with Gasteiger partial charge in [0.15, 0.2) is 0 Å². The molecule has 0 saturated carbocycles. The van der Waals surface area contributed by atoms with Crippen LogP contribution < -0.4 is 5.73 Å². The fourth-order valence-electron chi connectivity index (χ4n) is 1.41. The zero-order valence-electron chi connectivity index (χ0n) is 7.38. The van der Waals surface area contributed by atoms with Gasteiger partial charge >= 0.3 is 0 Å². The lowest BCUT2D eigenvalue weighted by atomic mass is 10.1. The van der Waals surface area contributed by atoms with E-state index in [1.165, 1.54) is 7.11 Å². The summed E-state index contributed by atoms with van der Waals surface area (Å²) >= 11 is 0. The highest BCUT2D eigenvalue weighted by atomic mass is 16.7. The molecule has 0 radical (unpaired) electrons. The van der Waals surface area contributed by atoms with E-state index in [-0.39, 0.29) is 6.54 Å². The smallest absolute Gasteiger partial charge is 0.221 e. The van der Waals surface area contributed by atoms with Crippen LogP contribution in [0, 0.1) is 0 Å². The molecule has 0 aromatic rings. The molecular weight excluding hydrogens is 178 g/mol. The van der Waals surface area contributed by atoms with E-state index in [2.05, 4.69) is 0 Å². The van der Waals surface area contributed by atoms with Crippen molar-refractivity contribution in [2.45, 2.75) is 24.1 Å². The molecule has 4 atom stereocenters. The van der Waals surface area contributed by atoms with Gasteiger partial charge in [0.2, 0.25) is 5.79 Å². The molecule has 1 aliphatic rings. The Hall–Kier alpha value is -0.240. The summed E-state index contributed by atoms with van der Waals surface area (Å²) in [6.45, 7) is -0.471. The minimum Gasteiger partial charge on any atom is -0.391 e. The third-order valence-electron chi connectivity index (χ3n) is 2.30. The maximum atomic E-state index is 9.49. The maximum Gasteiger partial charge on any atom is 0.221 e. The van der Waals surface area contributed by atoms with Gasteiger partial charge in [0, 0.05) is 13.7 Å². The van der Waals surface area contributed by atoms with Crippen molar-refractivity contribution in [1.29, 1.82) is 0 Å². The predicted molar refractivity (Wildman–Crippen MR) is 42.8 cm³/mol. The van der Waals surface area contributed by atoms with E-state index in [0.717, 1.165) is 0 Å². The van der Waals surface area contributed by atoms with Gasteiger partial charge in [-0.3, -0.25) is 0 Å². The van der Waals surface area contributed by atoms with Gasteiger partial charge in [-0.15, -0.1) is 0 Å². The average molecular weight is 193 g/mol. The molecule has 2 unspecified atom stereocenters. The fourth-order valence-corrected chi connectivity index (χ4v) is 1.41. The zero-order chi connectivity index (χ0) is 10.1. The Morgan fingerprint density at radius 1 is 1.54 bits per heavy atom. The molecule has 1 aliphatic heterocycles. The van der Waals surface area contributed by atoms with Gasteiger partial charge in [-0.25, -0.2) is 0 Å². The van der Waals surface area contributed by atoms with E-state index in [4.69, 9.17) is 20.3 Å². The van der Waals surface area contributed by atoms with Gasteiger partial charge < -0.3 is 30.5 Å². The van der Waals surface area contributed by atoms with Crippen LogP contribution in [0.15, 0.2) is 0 Å². The van der Waals surface area contributed by atoms with Gasteiger partial charge in [0.1, 0.15) is 24.9 Å². The largest absolute Gasteiger partial charge is 0.391 e. The highest BCUT2D eigenvalue weighted by molar-refractivity contribution is 4.96. The van der Waals surface area contributed by atoms with Gasteiger partial charge in [0.25, 0.3) is 0 Å². The SMILES string of the molecule is COC1(CO)OC(CN)[C@H](O)[C@@H]1O. The summed E-state index contributed by atoms with van der Waals surface area (Å²) in [7, 11) is 1.28. The Morgan fingerprint density at radius 3 is 2.38 bits per heavy atom. The maximum absolute atomic E-state index is 9.49. The first-order chi connectivity index (χ1) is 6.11. The molecule has 6 nitrogen and oxygen atoms in total. The Labute approximate surface area is 75.9 Å². The number of hydrogen-bond acceptors (Lipinski definition) is 6. The zero-order valence-corrected chi connectivity index (χ0v) is 7.38. The van der Waals surface area contributed by atoms with Crippen LogP contribution in [0.2, 0.25) is 0 Å². The lowest BCUT2D eigenvalue weighted by Gasteiger charge is -2.27. The Morgan fingerprint density at radius 2 is 2.15 bits per heavy atom. The summed E-state index contributed by atoms with van der Waals surface area (Å²) in [5.41, 5.74) is 5.28. The summed E-state index contributed by atoms with van der Waals surface area (Å²) in [4.78, 5) is 0. The summed E-state index contributed by atoms with van der Waals surface area (Å²) in [5.74, 6) is -1.54. The average Bonchev–Trinajstić information content (AvgIpc) is 2.42. The molecular formula is C7H15NO5. The standard InChI is InChI=1S/C7H15NO5/c1-12-7(3-9)6(11)5(10)4(2-8)13-7/h4-6,9-11H,2-3,8H2,1H3/t4?,5-,6-,7?/m0/s1. The molecule has 0 aromatic heterocycles. The van der Waals surface area contributed by atoms with E-state index in [1.54, 1.807) is 0 Å². The molecule has 1 heterocycles. The fraction of sp³-hybridized carbons (Fsp3) is 1.00. The van der Waals surface area contributed by atoms with Gasteiger partial charge in [0.05, 0.1) is 0 Å². The lowest BCUT2D eigenvalue weighted by molar-refractivity contribution is -0.260. The molecule has 0 aliphatic carbocycles. The third-order valence-corrected chi connectivity index (χ3v) is 2.30. The topological polar surface area (TPSA) is 105 Å².